The van der Waals surface area contributed by atoms with E-state index in [2.05, 4.69) is 24.1 Å². The molecular formula is C19H27N3O4S. The van der Waals surface area contributed by atoms with Crippen molar-refractivity contribution in [2.75, 3.05) is 19.6 Å². The molecule has 1 heterocycles. The van der Waals surface area contributed by atoms with Crippen molar-refractivity contribution in [1.29, 1.82) is 0 Å². The van der Waals surface area contributed by atoms with E-state index in [9.17, 15) is 18.0 Å². The van der Waals surface area contributed by atoms with Crippen molar-refractivity contribution < 1.29 is 13.2 Å². The second kappa shape index (κ2) is 8.67. The van der Waals surface area contributed by atoms with Gasteiger partial charge in [0.2, 0.25) is 15.6 Å². The Morgan fingerprint density at radius 3 is 2.44 bits per heavy atom. The molecule has 2 N–H and O–H groups in total. The molecular weight excluding hydrogens is 366 g/mol. The summed E-state index contributed by atoms with van der Waals surface area (Å²) in [5.74, 6) is 0.0520. The summed E-state index contributed by atoms with van der Waals surface area (Å²) in [6, 6.07) is 5.64. The van der Waals surface area contributed by atoms with Crippen molar-refractivity contribution in [3.63, 3.8) is 0 Å². The average Bonchev–Trinajstić information content (AvgIpc) is 2.60. The number of amides is 1. The van der Waals surface area contributed by atoms with Gasteiger partial charge in [-0.25, -0.2) is 8.42 Å². The van der Waals surface area contributed by atoms with E-state index in [-0.39, 0.29) is 16.4 Å². The number of benzene rings is 1. The van der Waals surface area contributed by atoms with E-state index in [0.29, 0.717) is 36.5 Å². The Labute approximate surface area is 159 Å². The maximum atomic E-state index is 12.8. The molecule has 148 valence electrons. The van der Waals surface area contributed by atoms with Crippen LogP contribution in [0.2, 0.25) is 0 Å². The molecule has 1 amide bonds. The minimum atomic E-state index is -3.66. The van der Waals surface area contributed by atoms with Crippen LogP contribution in [0.1, 0.15) is 44.5 Å². The summed E-state index contributed by atoms with van der Waals surface area (Å²) in [4.78, 5) is 27.2. The first-order valence-corrected chi connectivity index (χ1v) is 10.6. The van der Waals surface area contributed by atoms with E-state index >= 15 is 0 Å². The minimum absolute atomic E-state index is 0.0991. The van der Waals surface area contributed by atoms with Crippen molar-refractivity contribution in [3.05, 3.63) is 40.2 Å². The van der Waals surface area contributed by atoms with Crippen molar-refractivity contribution in [3.8, 4) is 0 Å². The number of hydrogen-bond acceptors (Lipinski definition) is 4. The van der Waals surface area contributed by atoms with Crippen LogP contribution in [0, 0.1) is 5.92 Å². The Kier molecular flexibility index (Phi) is 6.78. The highest BCUT2D eigenvalue weighted by Gasteiger charge is 2.23. The van der Waals surface area contributed by atoms with E-state index in [0.717, 1.165) is 6.42 Å². The molecule has 0 saturated heterocycles. The van der Waals surface area contributed by atoms with Gasteiger partial charge in [-0.2, -0.15) is 4.31 Å². The summed E-state index contributed by atoms with van der Waals surface area (Å²) in [7, 11) is -3.66. The highest BCUT2D eigenvalue weighted by Crippen LogP contribution is 2.22. The molecule has 0 unspecified atom stereocenters. The fraction of sp³-hybridized carbons (Fsp3) is 0.474. The molecule has 0 fully saturated rings. The van der Waals surface area contributed by atoms with Crippen LogP contribution in [0.3, 0.4) is 0 Å². The van der Waals surface area contributed by atoms with Crippen LogP contribution in [0.4, 0.5) is 0 Å². The Balaban J connectivity index is 2.52. The zero-order valence-corrected chi connectivity index (χ0v) is 17.0. The zero-order chi connectivity index (χ0) is 20.2. The second-order valence-electron chi connectivity index (χ2n) is 6.78. The van der Waals surface area contributed by atoms with Crippen LogP contribution in [0.25, 0.3) is 10.9 Å². The number of aromatic amines is 1. The lowest BCUT2D eigenvalue weighted by Crippen LogP contribution is -2.30. The molecule has 2 aromatic rings. The molecule has 0 aliphatic carbocycles. The molecule has 8 heteroatoms. The lowest BCUT2D eigenvalue weighted by molar-refractivity contribution is 0.0953. The first kappa shape index (κ1) is 21.1. The second-order valence-corrected chi connectivity index (χ2v) is 8.72. The van der Waals surface area contributed by atoms with Crippen LogP contribution in [-0.4, -0.2) is 43.2 Å². The number of nitrogens with zero attached hydrogens (tertiary/aromatic N) is 1. The minimum Gasteiger partial charge on any atom is -0.352 e. The smallest absolute Gasteiger partial charge is 0.252 e. The summed E-state index contributed by atoms with van der Waals surface area (Å²) < 4.78 is 26.9. The zero-order valence-electron chi connectivity index (χ0n) is 16.2. The predicted octanol–water partition coefficient (Wildman–Crippen LogP) is 2.33. The molecule has 0 radical (unpaired) electrons. The number of fused-ring (bicyclic) bond motifs is 1. The fourth-order valence-electron chi connectivity index (χ4n) is 2.86. The fourth-order valence-corrected chi connectivity index (χ4v) is 4.35. The summed E-state index contributed by atoms with van der Waals surface area (Å²) >= 11 is 0. The lowest BCUT2D eigenvalue weighted by Gasteiger charge is -2.19. The van der Waals surface area contributed by atoms with E-state index in [1.807, 2.05) is 0 Å². The van der Waals surface area contributed by atoms with Gasteiger partial charge in [-0.1, -0.05) is 27.7 Å². The molecule has 0 atom stereocenters. The Morgan fingerprint density at radius 1 is 1.19 bits per heavy atom. The number of carbonyl (C=O) groups is 1. The number of H-pyrrole nitrogens is 1. The van der Waals surface area contributed by atoms with Gasteiger partial charge in [0, 0.05) is 36.6 Å². The van der Waals surface area contributed by atoms with Gasteiger partial charge in [0.15, 0.2) is 0 Å². The molecule has 0 saturated carbocycles. The van der Waals surface area contributed by atoms with Gasteiger partial charge < -0.3 is 10.3 Å². The highest BCUT2D eigenvalue weighted by atomic mass is 32.2. The van der Waals surface area contributed by atoms with Gasteiger partial charge >= 0.3 is 0 Å². The van der Waals surface area contributed by atoms with Crippen LogP contribution >= 0.6 is 0 Å². The SMILES string of the molecule is CCN(CC)S(=O)(=O)c1ccc2[nH]c(=O)cc(C(=O)NCCC(C)C)c2c1. The van der Waals surface area contributed by atoms with E-state index in [1.165, 1.54) is 28.6 Å². The maximum Gasteiger partial charge on any atom is 0.252 e. The monoisotopic (exact) mass is 393 g/mol. The molecule has 0 aliphatic rings. The third-order valence-electron chi connectivity index (χ3n) is 4.41. The first-order valence-electron chi connectivity index (χ1n) is 9.16. The third kappa shape index (κ3) is 4.75. The number of pyridine rings is 1. The van der Waals surface area contributed by atoms with Gasteiger partial charge in [-0.15, -0.1) is 0 Å². The van der Waals surface area contributed by atoms with Gasteiger partial charge in [-0.3, -0.25) is 9.59 Å². The molecule has 2 rings (SSSR count). The topological polar surface area (TPSA) is 99.3 Å². The number of nitrogens with one attached hydrogen (secondary N) is 2. The number of hydrogen-bond donors (Lipinski definition) is 2. The normalized spacial score (nSPS) is 12.1. The molecule has 0 spiro atoms. The summed E-state index contributed by atoms with van der Waals surface area (Å²) in [5.41, 5.74) is 0.194. The predicted molar refractivity (Wildman–Crippen MR) is 106 cm³/mol. The summed E-state index contributed by atoms with van der Waals surface area (Å²) in [6.07, 6.45) is 0.814. The van der Waals surface area contributed by atoms with Crippen LogP contribution in [-0.2, 0) is 10.0 Å². The molecule has 0 bridgehead atoms. The Morgan fingerprint density at radius 2 is 1.85 bits per heavy atom. The van der Waals surface area contributed by atoms with Crippen LogP contribution in [0.15, 0.2) is 34.0 Å². The van der Waals surface area contributed by atoms with Crippen molar-refractivity contribution in [1.82, 2.24) is 14.6 Å². The van der Waals surface area contributed by atoms with Crippen molar-refractivity contribution >= 4 is 26.8 Å². The standard InChI is InChI=1S/C19H27N3O4S/c1-5-22(6-2)27(25,26)14-7-8-17-15(11-14)16(12-18(23)21-17)19(24)20-10-9-13(3)4/h7-8,11-13H,5-6,9-10H2,1-4H3,(H,20,24)(H,21,23). The Hall–Kier alpha value is -2.19. The average molecular weight is 394 g/mol. The number of carbonyl (C=O) groups excluding carboxylic acids is 1. The van der Waals surface area contributed by atoms with E-state index in [1.54, 1.807) is 13.8 Å². The lowest BCUT2D eigenvalue weighted by atomic mass is 10.1. The molecule has 0 aliphatic heterocycles. The first-order chi connectivity index (χ1) is 12.7. The highest BCUT2D eigenvalue weighted by molar-refractivity contribution is 7.89. The van der Waals surface area contributed by atoms with E-state index in [4.69, 9.17) is 0 Å². The molecule has 7 nitrogen and oxygen atoms in total. The summed E-state index contributed by atoms with van der Waals surface area (Å²) in [6.45, 7) is 8.84. The number of rotatable bonds is 8. The quantitative estimate of drug-likeness (QED) is 0.719. The van der Waals surface area contributed by atoms with Crippen LogP contribution < -0.4 is 10.9 Å². The van der Waals surface area contributed by atoms with Crippen molar-refractivity contribution in [2.24, 2.45) is 5.92 Å². The van der Waals surface area contributed by atoms with Crippen molar-refractivity contribution in [2.45, 2.75) is 39.0 Å². The Bertz CT molecular complexity index is 976. The van der Waals surface area contributed by atoms with Gasteiger partial charge in [-0.05, 0) is 30.5 Å². The number of sulfonamides is 1. The van der Waals surface area contributed by atoms with Gasteiger partial charge in [0.05, 0.1) is 10.5 Å². The molecule has 1 aromatic heterocycles. The molecule has 1 aromatic carbocycles. The summed E-state index contributed by atoms with van der Waals surface area (Å²) in [5, 5.41) is 3.21. The van der Waals surface area contributed by atoms with Crippen LogP contribution in [0.5, 0.6) is 0 Å². The van der Waals surface area contributed by atoms with E-state index < -0.39 is 15.6 Å². The maximum absolute atomic E-state index is 12.8. The number of aromatic nitrogens is 1. The molecule has 27 heavy (non-hydrogen) atoms. The van der Waals surface area contributed by atoms with Gasteiger partial charge in [0.25, 0.3) is 5.91 Å². The van der Waals surface area contributed by atoms with Gasteiger partial charge in [0.1, 0.15) is 0 Å². The largest absolute Gasteiger partial charge is 0.352 e. The third-order valence-corrected chi connectivity index (χ3v) is 6.46.